The van der Waals surface area contributed by atoms with E-state index in [1.54, 1.807) is 25.1 Å². The summed E-state index contributed by atoms with van der Waals surface area (Å²) in [5, 5.41) is 0. The van der Waals surface area contributed by atoms with E-state index in [0.717, 1.165) is 4.90 Å². The lowest BCUT2D eigenvalue weighted by Crippen LogP contribution is -2.43. The second-order valence-corrected chi connectivity index (χ2v) is 6.33. The molecule has 1 heterocycles. The molecule has 0 radical (unpaired) electrons. The molecule has 1 amide bonds. The molecule has 2 aromatic carbocycles. The zero-order valence-corrected chi connectivity index (χ0v) is 14.6. The highest BCUT2D eigenvalue weighted by Crippen LogP contribution is 2.38. The summed E-state index contributed by atoms with van der Waals surface area (Å²) in [6.45, 7) is 1.82. The first-order chi connectivity index (χ1) is 13.0. The lowest BCUT2D eigenvalue weighted by molar-refractivity contribution is -0.143. The third kappa shape index (κ3) is 3.93. The number of carbonyl (C=O) groups excluding carboxylic acids is 1. The highest BCUT2D eigenvalue weighted by atomic mass is 19.4. The van der Waals surface area contributed by atoms with E-state index < -0.39 is 41.1 Å². The molecule has 28 heavy (non-hydrogen) atoms. The molecule has 9 heteroatoms. The maximum absolute atomic E-state index is 13.1. The first kappa shape index (κ1) is 20.0. The fraction of sp³-hybridized carbons (Fsp3) is 0.316. The van der Waals surface area contributed by atoms with Crippen molar-refractivity contribution < 1.29 is 35.9 Å². The molecule has 0 N–H and O–H groups in total. The Morgan fingerprint density at radius 1 is 1.04 bits per heavy atom. The standard InChI is InChI=1S/C19H15F6NO2/c1-2-14-10-26(15-5-3-4-6-16(15)28-14)17(27)11-7-12(18(20,21)22)9-13(8-11)19(23,24)25/h3-9,14H,2,10H2,1H3. The van der Waals surface area contributed by atoms with Crippen LogP contribution in [-0.2, 0) is 12.4 Å². The predicted octanol–water partition coefficient (Wildman–Crippen LogP) is 5.54. The molecule has 0 fully saturated rings. The molecule has 1 aliphatic heterocycles. The quantitative estimate of drug-likeness (QED) is 0.616. The summed E-state index contributed by atoms with van der Waals surface area (Å²) in [6.07, 6.45) is -9.96. The van der Waals surface area contributed by atoms with Gasteiger partial charge in [0.05, 0.1) is 23.4 Å². The average molecular weight is 403 g/mol. The summed E-state index contributed by atoms with van der Waals surface area (Å²) in [6, 6.07) is 7.25. The van der Waals surface area contributed by atoms with E-state index in [0.29, 0.717) is 30.0 Å². The van der Waals surface area contributed by atoms with Crippen molar-refractivity contribution in [3.05, 3.63) is 59.2 Å². The first-order valence-electron chi connectivity index (χ1n) is 8.37. The number of anilines is 1. The van der Waals surface area contributed by atoms with Gasteiger partial charge in [0.15, 0.2) is 0 Å². The summed E-state index contributed by atoms with van der Waals surface area (Å²) in [4.78, 5) is 14.1. The minimum atomic E-state index is -5.02. The highest BCUT2D eigenvalue weighted by Gasteiger charge is 2.38. The molecular formula is C19H15F6NO2. The minimum Gasteiger partial charge on any atom is -0.486 e. The van der Waals surface area contributed by atoms with Crippen molar-refractivity contribution in [1.82, 2.24) is 0 Å². The minimum absolute atomic E-state index is 0.00110. The Balaban J connectivity index is 2.09. The van der Waals surface area contributed by atoms with Crippen molar-refractivity contribution in [3.8, 4) is 5.75 Å². The SMILES string of the molecule is CCC1CN(C(=O)c2cc(C(F)(F)F)cc(C(F)(F)F)c2)c2ccccc2O1. The van der Waals surface area contributed by atoms with Gasteiger partial charge in [-0.1, -0.05) is 19.1 Å². The Morgan fingerprint density at radius 2 is 1.61 bits per heavy atom. The number of halogens is 6. The maximum Gasteiger partial charge on any atom is 0.416 e. The largest absolute Gasteiger partial charge is 0.486 e. The van der Waals surface area contributed by atoms with Crippen LogP contribution in [0.2, 0.25) is 0 Å². The van der Waals surface area contributed by atoms with Crippen LogP contribution in [-0.4, -0.2) is 18.6 Å². The molecule has 0 saturated carbocycles. The molecule has 3 nitrogen and oxygen atoms in total. The monoisotopic (exact) mass is 403 g/mol. The van der Waals surface area contributed by atoms with E-state index in [-0.39, 0.29) is 12.6 Å². The van der Waals surface area contributed by atoms with Gasteiger partial charge in [-0.3, -0.25) is 4.79 Å². The van der Waals surface area contributed by atoms with Crippen LogP contribution in [0, 0.1) is 0 Å². The zero-order valence-electron chi connectivity index (χ0n) is 14.6. The number of para-hydroxylation sites is 2. The number of ether oxygens (including phenoxy) is 1. The zero-order chi connectivity index (χ0) is 20.7. The second-order valence-electron chi connectivity index (χ2n) is 6.33. The topological polar surface area (TPSA) is 29.5 Å². The van der Waals surface area contributed by atoms with Gasteiger partial charge in [0.1, 0.15) is 11.9 Å². The number of benzene rings is 2. The van der Waals surface area contributed by atoms with Crippen molar-refractivity contribution in [2.24, 2.45) is 0 Å². The van der Waals surface area contributed by atoms with Crippen LogP contribution in [0.3, 0.4) is 0 Å². The number of fused-ring (bicyclic) bond motifs is 1. The molecule has 0 spiro atoms. The molecule has 0 aromatic heterocycles. The molecule has 1 unspecified atom stereocenters. The van der Waals surface area contributed by atoms with E-state index in [1.807, 2.05) is 0 Å². The molecule has 0 saturated heterocycles. The van der Waals surface area contributed by atoms with Gasteiger partial charge in [-0.15, -0.1) is 0 Å². The van der Waals surface area contributed by atoms with E-state index in [2.05, 4.69) is 0 Å². The van der Waals surface area contributed by atoms with Crippen molar-refractivity contribution in [1.29, 1.82) is 0 Å². The molecular weight excluding hydrogens is 388 g/mol. The van der Waals surface area contributed by atoms with Crippen LogP contribution in [0.25, 0.3) is 0 Å². The second kappa shape index (κ2) is 7.03. The molecule has 1 aliphatic rings. The van der Waals surface area contributed by atoms with Crippen LogP contribution in [0.4, 0.5) is 32.0 Å². The number of alkyl halides is 6. The summed E-state index contributed by atoms with van der Waals surface area (Å²) in [7, 11) is 0. The summed E-state index contributed by atoms with van der Waals surface area (Å²) in [5.41, 5.74) is -3.45. The van der Waals surface area contributed by atoms with Gasteiger partial charge >= 0.3 is 12.4 Å². The lowest BCUT2D eigenvalue weighted by atomic mass is 10.0. The smallest absolute Gasteiger partial charge is 0.416 e. The summed E-state index contributed by atoms with van der Waals surface area (Å²) >= 11 is 0. The number of hydrogen-bond donors (Lipinski definition) is 0. The number of nitrogens with zero attached hydrogens (tertiary/aromatic N) is 1. The molecule has 3 rings (SSSR count). The first-order valence-corrected chi connectivity index (χ1v) is 8.37. The van der Waals surface area contributed by atoms with Crippen molar-refractivity contribution in [2.75, 3.05) is 11.4 Å². The maximum atomic E-state index is 13.1. The van der Waals surface area contributed by atoms with Crippen molar-refractivity contribution in [2.45, 2.75) is 31.8 Å². The van der Waals surface area contributed by atoms with E-state index in [9.17, 15) is 31.1 Å². The fourth-order valence-corrected chi connectivity index (χ4v) is 2.94. The van der Waals surface area contributed by atoms with Crippen LogP contribution in [0.5, 0.6) is 5.75 Å². The molecule has 1 atom stereocenters. The van der Waals surface area contributed by atoms with Gasteiger partial charge < -0.3 is 9.64 Å². The van der Waals surface area contributed by atoms with Gasteiger partial charge in [-0.2, -0.15) is 26.3 Å². The third-order valence-corrected chi connectivity index (χ3v) is 4.37. The van der Waals surface area contributed by atoms with E-state index in [1.165, 1.54) is 6.07 Å². The normalized spacial score (nSPS) is 17.1. The van der Waals surface area contributed by atoms with Crippen LogP contribution >= 0.6 is 0 Å². The van der Waals surface area contributed by atoms with E-state index >= 15 is 0 Å². The molecule has 0 aliphatic carbocycles. The summed E-state index contributed by atoms with van der Waals surface area (Å²) in [5.74, 6) is -0.609. The Morgan fingerprint density at radius 3 is 2.14 bits per heavy atom. The van der Waals surface area contributed by atoms with Crippen LogP contribution < -0.4 is 9.64 Å². The van der Waals surface area contributed by atoms with Crippen LogP contribution in [0.1, 0.15) is 34.8 Å². The predicted molar refractivity (Wildman–Crippen MR) is 89.3 cm³/mol. The summed E-state index contributed by atoms with van der Waals surface area (Å²) < 4.78 is 84.2. The van der Waals surface area contributed by atoms with Crippen LogP contribution in [0.15, 0.2) is 42.5 Å². The molecule has 150 valence electrons. The van der Waals surface area contributed by atoms with Gasteiger partial charge in [0.2, 0.25) is 0 Å². The van der Waals surface area contributed by atoms with E-state index in [4.69, 9.17) is 4.74 Å². The number of hydrogen-bond acceptors (Lipinski definition) is 2. The Labute approximate surface area is 156 Å². The molecule has 0 bridgehead atoms. The number of amides is 1. The number of rotatable bonds is 2. The fourth-order valence-electron chi connectivity index (χ4n) is 2.94. The van der Waals surface area contributed by atoms with Gasteiger partial charge in [0, 0.05) is 5.56 Å². The van der Waals surface area contributed by atoms with Gasteiger partial charge in [0.25, 0.3) is 5.91 Å². The Kier molecular flexibility index (Phi) is 5.03. The highest BCUT2D eigenvalue weighted by molar-refractivity contribution is 6.07. The van der Waals surface area contributed by atoms with Gasteiger partial charge in [-0.05, 0) is 36.8 Å². The number of carbonyl (C=O) groups is 1. The Bertz CT molecular complexity index is 858. The third-order valence-electron chi connectivity index (χ3n) is 4.37. The lowest BCUT2D eigenvalue weighted by Gasteiger charge is -2.34. The molecule has 2 aromatic rings. The Hall–Kier alpha value is -2.71. The van der Waals surface area contributed by atoms with Crippen molar-refractivity contribution >= 4 is 11.6 Å². The average Bonchev–Trinajstić information content (AvgIpc) is 2.64. The van der Waals surface area contributed by atoms with Gasteiger partial charge in [-0.25, -0.2) is 0 Å². The van der Waals surface area contributed by atoms with Crippen molar-refractivity contribution in [3.63, 3.8) is 0 Å².